The predicted molar refractivity (Wildman–Crippen MR) is 112 cm³/mol. The molecule has 0 spiro atoms. The van der Waals surface area contributed by atoms with E-state index in [1.54, 1.807) is 11.3 Å². The van der Waals surface area contributed by atoms with Crippen LogP contribution in [0.1, 0.15) is 32.0 Å². The Kier molecular flexibility index (Phi) is 5.61. The van der Waals surface area contributed by atoms with Crippen LogP contribution in [0.2, 0.25) is 0 Å². The highest BCUT2D eigenvalue weighted by Crippen LogP contribution is 2.30. The number of nitrogens with zero attached hydrogens (tertiary/aromatic N) is 1. The molecule has 0 atom stereocenters. The molecule has 4 nitrogen and oxygen atoms in total. The van der Waals surface area contributed by atoms with Gasteiger partial charge in [0.1, 0.15) is 10.8 Å². The van der Waals surface area contributed by atoms with E-state index >= 15 is 0 Å². The van der Waals surface area contributed by atoms with E-state index in [-0.39, 0.29) is 17.9 Å². The van der Waals surface area contributed by atoms with Gasteiger partial charge in [-0.25, -0.2) is 4.98 Å². The Morgan fingerprint density at radius 3 is 2.44 bits per heavy atom. The third-order valence-electron chi connectivity index (χ3n) is 4.16. The van der Waals surface area contributed by atoms with Crippen molar-refractivity contribution in [1.82, 2.24) is 4.98 Å². The molecule has 0 bridgehead atoms. The van der Waals surface area contributed by atoms with Crippen LogP contribution in [-0.2, 0) is 10.2 Å². The van der Waals surface area contributed by atoms with E-state index in [0.717, 1.165) is 27.5 Å². The third-order valence-corrected chi connectivity index (χ3v) is 5.05. The molecule has 1 heterocycles. The molecule has 1 aromatic heterocycles. The van der Waals surface area contributed by atoms with Crippen molar-refractivity contribution in [1.29, 1.82) is 0 Å². The average Bonchev–Trinajstić information content (AvgIpc) is 3.13. The number of rotatable bonds is 5. The fraction of sp³-hybridized carbons (Fsp3) is 0.273. The van der Waals surface area contributed by atoms with Gasteiger partial charge in [0.15, 0.2) is 6.61 Å². The van der Waals surface area contributed by atoms with Gasteiger partial charge in [-0.1, -0.05) is 39.0 Å². The molecule has 0 aliphatic rings. The van der Waals surface area contributed by atoms with Crippen molar-refractivity contribution < 1.29 is 9.53 Å². The minimum absolute atomic E-state index is 0.0287. The molecule has 0 aliphatic carbocycles. The van der Waals surface area contributed by atoms with Gasteiger partial charge in [-0.15, -0.1) is 11.3 Å². The molecule has 1 amide bonds. The Labute approximate surface area is 164 Å². The van der Waals surface area contributed by atoms with Gasteiger partial charge < -0.3 is 10.1 Å². The van der Waals surface area contributed by atoms with Crippen LogP contribution in [0.25, 0.3) is 10.6 Å². The molecule has 2 aromatic carbocycles. The van der Waals surface area contributed by atoms with Crippen LogP contribution in [0.15, 0.2) is 53.9 Å². The molecular weight excluding hydrogens is 356 g/mol. The van der Waals surface area contributed by atoms with Gasteiger partial charge in [0, 0.05) is 22.0 Å². The summed E-state index contributed by atoms with van der Waals surface area (Å²) in [5, 5.41) is 5.96. The van der Waals surface area contributed by atoms with Crippen LogP contribution in [0, 0.1) is 6.92 Å². The van der Waals surface area contributed by atoms with Crippen molar-refractivity contribution >= 4 is 22.9 Å². The number of anilines is 1. The molecule has 0 saturated heterocycles. The quantitative estimate of drug-likeness (QED) is 0.642. The van der Waals surface area contributed by atoms with Crippen molar-refractivity contribution in [3.05, 3.63) is 65.2 Å². The van der Waals surface area contributed by atoms with Crippen LogP contribution in [0.5, 0.6) is 5.75 Å². The minimum atomic E-state index is -0.178. The normalized spacial score (nSPS) is 11.3. The first-order valence-electron chi connectivity index (χ1n) is 8.87. The molecule has 0 radical (unpaired) electrons. The summed E-state index contributed by atoms with van der Waals surface area (Å²) in [6.07, 6.45) is 0. The van der Waals surface area contributed by atoms with Gasteiger partial charge in [0.2, 0.25) is 0 Å². The van der Waals surface area contributed by atoms with Crippen LogP contribution < -0.4 is 10.1 Å². The fourth-order valence-electron chi connectivity index (χ4n) is 2.49. The van der Waals surface area contributed by atoms with Crippen molar-refractivity contribution in [2.24, 2.45) is 0 Å². The van der Waals surface area contributed by atoms with E-state index in [1.165, 1.54) is 0 Å². The molecule has 0 fully saturated rings. The maximum absolute atomic E-state index is 12.1. The Morgan fingerprint density at radius 2 is 1.81 bits per heavy atom. The van der Waals surface area contributed by atoms with Crippen molar-refractivity contribution in [2.75, 3.05) is 11.9 Å². The standard InChI is InChI=1S/C22H24N2O2S/c1-15-7-5-6-8-18(15)23-20(25)13-26-17-11-9-16(10-12-17)21-24-19(14-27-21)22(2,3)4/h5-12,14H,13H2,1-4H3,(H,23,25). The monoisotopic (exact) mass is 380 g/mol. The Balaban J connectivity index is 1.58. The lowest BCUT2D eigenvalue weighted by Gasteiger charge is -2.14. The molecule has 27 heavy (non-hydrogen) atoms. The van der Waals surface area contributed by atoms with Crippen LogP contribution in [-0.4, -0.2) is 17.5 Å². The zero-order valence-corrected chi connectivity index (χ0v) is 16.9. The molecule has 0 unspecified atom stereocenters. The molecule has 3 rings (SSSR count). The van der Waals surface area contributed by atoms with Gasteiger partial charge in [0.25, 0.3) is 5.91 Å². The second-order valence-corrected chi connectivity index (χ2v) is 8.32. The van der Waals surface area contributed by atoms with Gasteiger partial charge in [-0.05, 0) is 42.8 Å². The first kappa shape index (κ1) is 19.1. The van der Waals surface area contributed by atoms with E-state index in [4.69, 9.17) is 9.72 Å². The summed E-state index contributed by atoms with van der Waals surface area (Å²) < 4.78 is 5.60. The van der Waals surface area contributed by atoms with Crippen molar-refractivity contribution in [2.45, 2.75) is 33.1 Å². The SMILES string of the molecule is Cc1ccccc1NC(=O)COc1ccc(-c2nc(C(C)(C)C)cs2)cc1. The number of ether oxygens (including phenoxy) is 1. The summed E-state index contributed by atoms with van der Waals surface area (Å²) in [7, 11) is 0. The van der Waals surface area contributed by atoms with Crippen LogP contribution >= 0.6 is 11.3 Å². The number of aryl methyl sites for hydroxylation is 1. The van der Waals surface area contributed by atoms with Crippen LogP contribution in [0.3, 0.4) is 0 Å². The van der Waals surface area contributed by atoms with Crippen LogP contribution in [0.4, 0.5) is 5.69 Å². The zero-order chi connectivity index (χ0) is 19.4. The lowest BCUT2D eigenvalue weighted by atomic mass is 9.93. The number of para-hydroxylation sites is 1. The highest BCUT2D eigenvalue weighted by molar-refractivity contribution is 7.13. The number of hydrogen-bond donors (Lipinski definition) is 1. The van der Waals surface area contributed by atoms with Gasteiger partial charge >= 0.3 is 0 Å². The maximum Gasteiger partial charge on any atom is 0.262 e. The highest BCUT2D eigenvalue weighted by atomic mass is 32.1. The number of carbonyl (C=O) groups excluding carboxylic acids is 1. The second-order valence-electron chi connectivity index (χ2n) is 7.46. The highest BCUT2D eigenvalue weighted by Gasteiger charge is 2.17. The number of carbonyl (C=O) groups is 1. The first-order chi connectivity index (χ1) is 12.8. The molecule has 5 heteroatoms. The van der Waals surface area contributed by atoms with E-state index in [9.17, 15) is 4.79 Å². The average molecular weight is 381 g/mol. The molecule has 0 aliphatic heterocycles. The molecule has 140 valence electrons. The Morgan fingerprint density at radius 1 is 1.11 bits per heavy atom. The van der Waals surface area contributed by atoms with Gasteiger partial charge in [-0.3, -0.25) is 4.79 Å². The molecule has 3 aromatic rings. The molecular formula is C22H24N2O2S. The van der Waals surface area contributed by atoms with Gasteiger partial charge in [0.05, 0.1) is 5.69 Å². The van der Waals surface area contributed by atoms with E-state index in [0.29, 0.717) is 5.75 Å². The van der Waals surface area contributed by atoms with E-state index in [2.05, 4.69) is 31.5 Å². The number of aromatic nitrogens is 1. The maximum atomic E-state index is 12.1. The second kappa shape index (κ2) is 7.92. The van der Waals surface area contributed by atoms with E-state index in [1.807, 2.05) is 55.5 Å². The summed E-state index contributed by atoms with van der Waals surface area (Å²) in [6, 6.07) is 15.4. The van der Waals surface area contributed by atoms with Crippen molar-refractivity contribution in [3.63, 3.8) is 0 Å². The smallest absolute Gasteiger partial charge is 0.262 e. The summed E-state index contributed by atoms with van der Waals surface area (Å²) in [6.45, 7) is 8.40. The number of benzene rings is 2. The lowest BCUT2D eigenvalue weighted by molar-refractivity contribution is -0.118. The first-order valence-corrected chi connectivity index (χ1v) is 9.75. The third kappa shape index (κ3) is 4.95. The molecule has 1 N–H and O–H groups in total. The number of thiazole rings is 1. The number of nitrogens with one attached hydrogen (secondary N) is 1. The largest absolute Gasteiger partial charge is 0.484 e. The summed E-state index contributed by atoms with van der Waals surface area (Å²) in [5.41, 5.74) is 4.01. The zero-order valence-electron chi connectivity index (χ0n) is 16.1. The summed E-state index contributed by atoms with van der Waals surface area (Å²) in [4.78, 5) is 16.8. The Hall–Kier alpha value is -2.66. The minimum Gasteiger partial charge on any atom is -0.484 e. The topological polar surface area (TPSA) is 51.2 Å². The lowest BCUT2D eigenvalue weighted by Crippen LogP contribution is -2.20. The van der Waals surface area contributed by atoms with Crippen molar-refractivity contribution in [3.8, 4) is 16.3 Å². The number of hydrogen-bond acceptors (Lipinski definition) is 4. The predicted octanol–water partition coefficient (Wildman–Crippen LogP) is 5.43. The van der Waals surface area contributed by atoms with Gasteiger partial charge in [-0.2, -0.15) is 0 Å². The summed E-state index contributed by atoms with van der Waals surface area (Å²) >= 11 is 1.64. The van der Waals surface area contributed by atoms with E-state index < -0.39 is 0 Å². The Bertz CT molecular complexity index is 924. The molecule has 0 saturated carbocycles. The fourth-order valence-corrected chi connectivity index (χ4v) is 3.55. The number of amides is 1. The summed E-state index contributed by atoms with van der Waals surface area (Å²) in [5.74, 6) is 0.481.